The van der Waals surface area contributed by atoms with Gasteiger partial charge in [0.15, 0.2) is 0 Å². The van der Waals surface area contributed by atoms with Gasteiger partial charge in [-0.1, -0.05) is 13.8 Å². The number of rotatable bonds is 8. The summed E-state index contributed by atoms with van der Waals surface area (Å²) < 4.78 is 0. The van der Waals surface area contributed by atoms with E-state index in [-0.39, 0.29) is 24.8 Å². The fraction of sp³-hybridized carbons (Fsp3) is 0.769. The Morgan fingerprint density at radius 1 is 1.30 bits per heavy atom. The Labute approximate surface area is 124 Å². The fourth-order valence-electron chi connectivity index (χ4n) is 1.81. The first-order chi connectivity index (χ1) is 9.31. The van der Waals surface area contributed by atoms with Gasteiger partial charge in [0.25, 0.3) is 0 Å². The number of amides is 3. The highest BCUT2D eigenvalue weighted by Crippen LogP contribution is 2.10. The highest BCUT2D eigenvalue weighted by Gasteiger charge is 2.21. The fourth-order valence-corrected chi connectivity index (χ4v) is 2.65. The second-order valence-corrected chi connectivity index (χ2v) is 5.80. The Morgan fingerprint density at radius 3 is 2.35 bits per heavy atom. The molecule has 0 aliphatic heterocycles. The molecular formula is C13H24N2O4S. The number of hydrogen-bond donors (Lipinski definition) is 2. The Hall–Kier alpha value is -1.24. The molecule has 0 radical (unpaired) electrons. The monoisotopic (exact) mass is 304 g/mol. The molecule has 20 heavy (non-hydrogen) atoms. The van der Waals surface area contributed by atoms with Crippen LogP contribution in [0.15, 0.2) is 0 Å². The zero-order chi connectivity index (χ0) is 15.7. The molecule has 0 aliphatic carbocycles. The number of carboxylic acids is 1. The van der Waals surface area contributed by atoms with E-state index in [1.165, 1.54) is 4.90 Å². The first-order valence-electron chi connectivity index (χ1n) is 6.59. The highest BCUT2D eigenvalue weighted by molar-refractivity contribution is 7.98. The maximum absolute atomic E-state index is 11.9. The summed E-state index contributed by atoms with van der Waals surface area (Å²) in [6.45, 7) is 3.66. The van der Waals surface area contributed by atoms with Crippen molar-refractivity contribution in [2.45, 2.75) is 39.2 Å². The lowest BCUT2D eigenvalue weighted by Gasteiger charge is -2.26. The number of carbonyl (C=O) groups is 3. The molecule has 0 fully saturated rings. The summed E-state index contributed by atoms with van der Waals surface area (Å²) in [7, 11) is 1.66. The van der Waals surface area contributed by atoms with Crippen molar-refractivity contribution in [3.05, 3.63) is 0 Å². The normalized spacial score (nSPS) is 13.4. The maximum atomic E-state index is 11.9. The van der Waals surface area contributed by atoms with Crippen molar-refractivity contribution in [3.63, 3.8) is 0 Å². The summed E-state index contributed by atoms with van der Waals surface area (Å²) in [6, 6.07) is -0.354. The van der Waals surface area contributed by atoms with Crippen LogP contribution in [0.25, 0.3) is 0 Å². The molecule has 0 aromatic carbocycles. The van der Waals surface area contributed by atoms with Crippen LogP contribution >= 0.6 is 11.8 Å². The lowest BCUT2D eigenvalue weighted by atomic mass is 10.0. The Bertz CT molecular complexity index is 349. The van der Waals surface area contributed by atoms with Crippen molar-refractivity contribution < 1.29 is 19.5 Å². The molecule has 0 aromatic heterocycles. The zero-order valence-corrected chi connectivity index (χ0v) is 13.3. The van der Waals surface area contributed by atoms with Gasteiger partial charge in [0.2, 0.25) is 5.91 Å². The zero-order valence-electron chi connectivity index (χ0n) is 12.5. The van der Waals surface area contributed by atoms with Crippen LogP contribution in [-0.2, 0) is 9.59 Å². The minimum absolute atomic E-state index is 0.0329. The Kier molecular flexibility index (Phi) is 9.03. The summed E-state index contributed by atoms with van der Waals surface area (Å²) in [4.78, 5) is 35.6. The molecule has 2 N–H and O–H groups in total. The minimum atomic E-state index is -0.945. The van der Waals surface area contributed by atoms with Crippen LogP contribution in [0.4, 0.5) is 4.79 Å². The van der Waals surface area contributed by atoms with Gasteiger partial charge in [-0.15, -0.1) is 0 Å². The molecule has 2 unspecified atom stereocenters. The summed E-state index contributed by atoms with van der Waals surface area (Å²) in [5, 5.41) is 10.9. The number of nitrogens with one attached hydrogen (secondary N) is 1. The number of hydrogen-bond acceptors (Lipinski definition) is 4. The number of carboxylic acid groups (broad SMARTS) is 1. The molecule has 7 heteroatoms. The first kappa shape index (κ1) is 18.8. The summed E-state index contributed by atoms with van der Waals surface area (Å²) in [5.74, 6) is -0.863. The molecular weight excluding hydrogens is 280 g/mol. The van der Waals surface area contributed by atoms with Crippen molar-refractivity contribution in [2.24, 2.45) is 5.92 Å². The average Bonchev–Trinajstić information content (AvgIpc) is 2.33. The predicted octanol–water partition coefficient (Wildman–Crippen LogP) is 1.80. The van der Waals surface area contributed by atoms with E-state index in [0.29, 0.717) is 0 Å². The molecule has 0 saturated heterocycles. The third-order valence-corrected chi connectivity index (χ3v) is 3.72. The summed E-state index contributed by atoms with van der Waals surface area (Å²) in [5.41, 5.74) is 0. The highest BCUT2D eigenvalue weighted by atomic mass is 32.2. The van der Waals surface area contributed by atoms with Crippen molar-refractivity contribution in [1.82, 2.24) is 10.2 Å². The van der Waals surface area contributed by atoms with Gasteiger partial charge in [0.1, 0.15) is 0 Å². The van der Waals surface area contributed by atoms with Gasteiger partial charge < -0.3 is 10.0 Å². The Morgan fingerprint density at radius 2 is 1.90 bits per heavy atom. The molecule has 2 atom stereocenters. The van der Waals surface area contributed by atoms with Gasteiger partial charge in [0, 0.05) is 31.7 Å². The second kappa shape index (κ2) is 9.63. The third-order valence-electron chi connectivity index (χ3n) is 3.00. The van der Waals surface area contributed by atoms with Crippen LogP contribution in [0.3, 0.4) is 0 Å². The van der Waals surface area contributed by atoms with Crippen LogP contribution in [0, 0.1) is 5.92 Å². The molecule has 0 bridgehead atoms. The molecule has 3 amide bonds. The van der Waals surface area contributed by atoms with E-state index >= 15 is 0 Å². The van der Waals surface area contributed by atoms with E-state index in [2.05, 4.69) is 5.32 Å². The molecule has 0 spiro atoms. The standard InChI is InChI=1S/C13H24N2O4S/c1-5-10(8-20-4)15(3)13(19)14-11(16)6-9(2)7-12(17)18/h9-10H,5-8H2,1-4H3,(H,17,18)(H,14,16,19). The van der Waals surface area contributed by atoms with Crippen LogP contribution in [0.1, 0.15) is 33.1 Å². The van der Waals surface area contributed by atoms with Gasteiger partial charge in [-0.2, -0.15) is 11.8 Å². The van der Waals surface area contributed by atoms with Crippen molar-refractivity contribution in [1.29, 1.82) is 0 Å². The largest absolute Gasteiger partial charge is 0.481 e. The van der Waals surface area contributed by atoms with E-state index in [1.807, 2.05) is 13.2 Å². The first-order valence-corrected chi connectivity index (χ1v) is 7.98. The van der Waals surface area contributed by atoms with Crippen molar-refractivity contribution >= 4 is 29.7 Å². The molecule has 0 rings (SSSR count). The molecule has 0 aliphatic rings. The summed E-state index contributed by atoms with van der Waals surface area (Å²) >= 11 is 1.64. The lowest BCUT2D eigenvalue weighted by Crippen LogP contribution is -2.46. The third kappa shape index (κ3) is 7.37. The number of thioether (sulfide) groups is 1. The van der Waals surface area contributed by atoms with Gasteiger partial charge in [-0.25, -0.2) is 4.79 Å². The number of nitrogens with zero attached hydrogens (tertiary/aromatic N) is 1. The predicted molar refractivity (Wildman–Crippen MR) is 79.8 cm³/mol. The molecule has 0 heterocycles. The second-order valence-electron chi connectivity index (χ2n) is 4.89. The van der Waals surface area contributed by atoms with Crippen LogP contribution in [0.2, 0.25) is 0 Å². The van der Waals surface area contributed by atoms with Gasteiger partial charge >= 0.3 is 12.0 Å². The van der Waals surface area contributed by atoms with E-state index in [4.69, 9.17) is 5.11 Å². The molecule has 0 saturated carbocycles. The van der Waals surface area contributed by atoms with Gasteiger partial charge in [0.05, 0.1) is 0 Å². The van der Waals surface area contributed by atoms with E-state index < -0.39 is 17.9 Å². The topological polar surface area (TPSA) is 86.7 Å². The molecule has 6 nitrogen and oxygen atoms in total. The van der Waals surface area contributed by atoms with E-state index in [0.717, 1.165) is 12.2 Å². The molecule has 116 valence electrons. The van der Waals surface area contributed by atoms with Crippen LogP contribution in [-0.4, -0.2) is 53.0 Å². The van der Waals surface area contributed by atoms with E-state index in [9.17, 15) is 14.4 Å². The average molecular weight is 304 g/mol. The van der Waals surface area contributed by atoms with Crippen LogP contribution < -0.4 is 5.32 Å². The summed E-state index contributed by atoms with van der Waals surface area (Å²) in [6.07, 6.45) is 2.73. The van der Waals surface area contributed by atoms with Crippen LogP contribution in [0.5, 0.6) is 0 Å². The minimum Gasteiger partial charge on any atom is -0.481 e. The van der Waals surface area contributed by atoms with E-state index in [1.54, 1.807) is 25.7 Å². The lowest BCUT2D eigenvalue weighted by molar-refractivity contribution is -0.138. The number of imide groups is 1. The van der Waals surface area contributed by atoms with Crippen molar-refractivity contribution in [2.75, 3.05) is 19.1 Å². The van der Waals surface area contributed by atoms with Gasteiger partial charge in [-0.3, -0.25) is 14.9 Å². The number of aliphatic carboxylic acids is 1. The SMILES string of the molecule is CCC(CSC)N(C)C(=O)NC(=O)CC(C)CC(=O)O. The number of carbonyl (C=O) groups excluding carboxylic acids is 2. The Balaban J connectivity index is 4.30. The van der Waals surface area contributed by atoms with Crippen molar-refractivity contribution in [3.8, 4) is 0 Å². The quantitative estimate of drug-likeness (QED) is 0.714. The van der Waals surface area contributed by atoms with Gasteiger partial charge in [-0.05, 0) is 18.6 Å². The molecule has 0 aromatic rings. The maximum Gasteiger partial charge on any atom is 0.324 e. The smallest absolute Gasteiger partial charge is 0.324 e. The number of urea groups is 1.